The summed E-state index contributed by atoms with van der Waals surface area (Å²) in [4.78, 5) is 8.62. The van der Waals surface area contributed by atoms with E-state index in [-0.39, 0.29) is 15.8 Å². The van der Waals surface area contributed by atoms with Crippen molar-refractivity contribution in [1.29, 1.82) is 0 Å². The molecule has 0 bridgehead atoms. The van der Waals surface area contributed by atoms with Crippen molar-refractivity contribution < 1.29 is 6.51 Å². The van der Waals surface area contributed by atoms with E-state index >= 15 is 0 Å². The van der Waals surface area contributed by atoms with Gasteiger partial charge in [0.2, 0.25) is 0 Å². The zero-order valence-electron chi connectivity index (χ0n) is 23.8. The van der Waals surface area contributed by atoms with Gasteiger partial charge in [0.25, 0.3) is 0 Å². The first-order chi connectivity index (χ1) is 19.7. The fraction of sp³-hybridized carbons (Fsp3) is 0.351. The summed E-state index contributed by atoms with van der Waals surface area (Å²) in [6.45, 7) is 4.46. The molecule has 0 aromatic heterocycles. The van der Waals surface area contributed by atoms with Crippen LogP contribution in [0.4, 0.5) is 0 Å². The normalized spacial score (nSPS) is 60.4. The van der Waals surface area contributed by atoms with Gasteiger partial charge in [-0.1, -0.05) is 0 Å². The summed E-state index contributed by atoms with van der Waals surface area (Å²) in [5.74, 6) is 0. The van der Waals surface area contributed by atoms with Crippen molar-refractivity contribution in [2.45, 2.75) is 65.4 Å². The Hall–Kier alpha value is -1.52. The van der Waals surface area contributed by atoms with Gasteiger partial charge in [-0.25, -0.2) is 0 Å². The number of benzene rings is 4. The molecule has 9 unspecified atom stereocenters. The van der Waals surface area contributed by atoms with Crippen molar-refractivity contribution >= 4 is 45.1 Å². The number of fused-ring (bicyclic) bond motifs is 10. The second-order valence-corrected chi connectivity index (χ2v) is 52.4. The fourth-order valence-electron chi connectivity index (χ4n) is 23.3. The molecular formula is C37H36FeP2Si. The van der Waals surface area contributed by atoms with E-state index in [9.17, 15) is 0 Å². The van der Waals surface area contributed by atoms with Crippen LogP contribution >= 0.6 is 15.8 Å². The molecule has 10 aliphatic rings. The van der Waals surface area contributed by atoms with E-state index in [1.54, 1.807) is 21.2 Å². The first-order valence-corrected chi connectivity index (χ1v) is 28.1. The van der Waals surface area contributed by atoms with E-state index in [1.165, 1.54) is 33.7 Å². The van der Waals surface area contributed by atoms with Crippen LogP contribution in [0.1, 0.15) is 0 Å². The van der Waals surface area contributed by atoms with Crippen molar-refractivity contribution in [3.05, 3.63) is 121 Å². The van der Waals surface area contributed by atoms with E-state index in [1.807, 2.05) is 0 Å². The van der Waals surface area contributed by atoms with Gasteiger partial charge >= 0.3 is 238 Å². The Balaban J connectivity index is 1.15. The molecule has 10 fully saturated rings. The van der Waals surface area contributed by atoms with Crippen LogP contribution in [-0.2, 0) is 6.51 Å². The number of hydrogen-bond donors (Lipinski definition) is 0. The van der Waals surface area contributed by atoms with Crippen molar-refractivity contribution in [3.63, 3.8) is 0 Å². The van der Waals surface area contributed by atoms with Crippen LogP contribution in [0.25, 0.3) is 0 Å². The average Bonchev–Trinajstić information content (AvgIpc) is 3.95. The molecule has 0 N–H and O–H groups in total. The van der Waals surface area contributed by atoms with Gasteiger partial charge in [0.05, 0.1) is 0 Å². The summed E-state index contributed by atoms with van der Waals surface area (Å²) in [5.41, 5.74) is 0. The first-order valence-electron chi connectivity index (χ1n) is 15.8. The van der Waals surface area contributed by atoms with Gasteiger partial charge in [-0.3, -0.25) is 0 Å². The molecule has 9 atom stereocenters. The van der Waals surface area contributed by atoms with Crippen molar-refractivity contribution in [2.24, 2.45) is 0 Å². The molecule has 0 aliphatic carbocycles. The van der Waals surface area contributed by atoms with Crippen LogP contribution in [0, 0.1) is 0 Å². The summed E-state index contributed by atoms with van der Waals surface area (Å²) in [5, 5.41) is 6.91. The van der Waals surface area contributed by atoms with Crippen LogP contribution in [0.3, 0.4) is 0 Å². The van der Waals surface area contributed by atoms with Crippen LogP contribution in [0.5, 0.6) is 0 Å². The first kappa shape index (κ1) is 21.2. The van der Waals surface area contributed by atoms with Gasteiger partial charge < -0.3 is 0 Å². The molecular weight excluding hydrogens is 590 g/mol. The van der Waals surface area contributed by atoms with Crippen LogP contribution in [-0.4, -0.2) is 16.2 Å². The molecule has 14 rings (SSSR count). The van der Waals surface area contributed by atoms with E-state index in [4.69, 9.17) is 0 Å². The Morgan fingerprint density at radius 2 is 0.854 bits per heavy atom. The molecule has 10 saturated heterocycles. The zero-order valence-corrected chi connectivity index (χ0v) is 27.7. The molecule has 0 radical (unpaired) electrons. The Bertz CT molecular complexity index is 2180. The maximum atomic E-state index is 2.87. The fourth-order valence-corrected chi connectivity index (χ4v) is 157. The second kappa shape index (κ2) is 3.38. The Labute approximate surface area is 237 Å². The van der Waals surface area contributed by atoms with E-state index in [0.717, 1.165) is 12.0 Å². The van der Waals surface area contributed by atoms with Gasteiger partial charge in [0.15, 0.2) is 0 Å². The zero-order chi connectivity index (χ0) is 27.0. The minimum atomic E-state index is -4.16. The predicted molar refractivity (Wildman–Crippen MR) is 176 cm³/mol. The summed E-state index contributed by atoms with van der Waals surface area (Å²) < 4.78 is 2.42. The van der Waals surface area contributed by atoms with Gasteiger partial charge in [-0.05, 0) is 0 Å². The molecule has 10 aliphatic heterocycles. The molecule has 10 heterocycles. The van der Waals surface area contributed by atoms with Crippen molar-refractivity contribution in [1.82, 2.24) is 0 Å². The van der Waals surface area contributed by atoms with Crippen LogP contribution < -0.4 is 21.2 Å². The van der Waals surface area contributed by atoms with Crippen molar-refractivity contribution in [2.75, 3.05) is 0 Å². The predicted octanol–water partition coefficient (Wildman–Crippen LogP) is 8.70. The average molecular weight is 627 g/mol. The standard InChI is InChI=1S/C20H22PSi.C17H14P.Fe/c1-22(2,3)20-15-14-19(16-20)21(17-10-6-4-7-11-17)18-12-8-5-9-13-18;1-3-9-15(10-4-1)18(17-13-7-8-14-17)16-11-5-2-6-12-16;/h4-16H,1-3H3;1-14H;. The number of rotatable bonds is 7. The molecule has 41 heavy (non-hydrogen) atoms. The summed E-state index contributed by atoms with van der Waals surface area (Å²) in [6, 6.07) is 48.5. The number of hydrogen-bond acceptors (Lipinski definition) is 0. The Kier molecular flexibility index (Phi) is 1.75. The molecule has 0 amide bonds. The summed E-state index contributed by atoms with van der Waals surface area (Å²) in [6.07, 6.45) is 0. The van der Waals surface area contributed by atoms with Crippen LogP contribution in [0.2, 0.25) is 57.3 Å². The Morgan fingerprint density at radius 3 is 1.17 bits per heavy atom. The van der Waals surface area contributed by atoms with E-state index in [0.29, 0.717) is 0 Å². The van der Waals surface area contributed by atoms with Gasteiger partial charge in [-0.15, -0.1) is 0 Å². The van der Waals surface area contributed by atoms with Crippen LogP contribution in [0.15, 0.2) is 121 Å². The van der Waals surface area contributed by atoms with E-state index < -0.39 is 14.6 Å². The van der Waals surface area contributed by atoms with Gasteiger partial charge in [0, 0.05) is 0 Å². The topological polar surface area (TPSA) is 0 Å². The van der Waals surface area contributed by atoms with Gasteiger partial charge in [-0.2, -0.15) is 0 Å². The third kappa shape index (κ3) is 0.545. The molecule has 4 aromatic rings. The summed E-state index contributed by atoms with van der Waals surface area (Å²) >= 11 is 0. The molecule has 0 saturated carbocycles. The monoisotopic (exact) mass is 626 g/mol. The molecule has 1 spiro atoms. The van der Waals surface area contributed by atoms with Gasteiger partial charge in [0.1, 0.15) is 0 Å². The molecule has 4 aromatic carbocycles. The maximum absolute atomic E-state index is 4.16. The molecule has 4 heteroatoms. The third-order valence-corrected chi connectivity index (χ3v) is 86.9. The van der Waals surface area contributed by atoms with Crippen molar-refractivity contribution in [3.8, 4) is 0 Å². The Morgan fingerprint density at radius 1 is 0.488 bits per heavy atom. The SMILES string of the molecule is C[Si](C)(C)[C]12[CH]3[CH]4[C]5(P(c6ccccc6)c6ccccc6)[CH]1[Fe]43521678[CH]2[CH]1[CH]6[C]7(P(c1ccccc1)c1ccccc1)[CH]28. The summed E-state index contributed by atoms with van der Waals surface area (Å²) in [7, 11) is -1.99. The molecule has 206 valence electrons. The third-order valence-electron chi connectivity index (χ3n) is 20.7. The molecule has 0 nitrogen and oxygen atoms in total. The second-order valence-electron chi connectivity index (χ2n) is 18.1. The quantitative estimate of drug-likeness (QED) is 0.142. The van der Waals surface area contributed by atoms with E-state index in [2.05, 4.69) is 141 Å². The minimum absolute atomic E-state index is 0.309.